The number of pyridine rings is 1. The summed E-state index contributed by atoms with van der Waals surface area (Å²) in [6.07, 6.45) is 3.37. The third kappa shape index (κ3) is 3.81. The lowest BCUT2D eigenvalue weighted by Crippen LogP contribution is -2.27. The van der Waals surface area contributed by atoms with E-state index in [1.165, 1.54) is 0 Å². The number of nitrogens with one attached hydrogen (secondary N) is 1. The molecule has 2 aromatic rings. The minimum atomic E-state index is -0.310. The van der Waals surface area contributed by atoms with Gasteiger partial charge in [-0.2, -0.15) is 0 Å². The molecule has 6 heteroatoms. The molecule has 0 aliphatic rings. The molecule has 0 aromatic carbocycles. The lowest BCUT2D eigenvalue weighted by molar-refractivity contribution is 0.0933. The van der Waals surface area contributed by atoms with Gasteiger partial charge < -0.3 is 15.5 Å². The van der Waals surface area contributed by atoms with E-state index in [0.717, 1.165) is 18.5 Å². The number of aromatic nitrogens is 2. The van der Waals surface area contributed by atoms with Crippen LogP contribution >= 0.6 is 0 Å². The van der Waals surface area contributed by atoms with E-state index >= 15 is 0 Å². The number of amides is 1. The summed E-state index contributed by atoms with van der Waals surface area (Å²) in [6, 6.07) is 3.03. The molecule has 0 saturated heterocycles. The maximum absolute atomic E-state index is 12.3. The first-order valence-corrected chi connectivity index (χ1v) is 6.99. The molecule has 21 heavy (non-hydrogen) atoms. The van der Waals surface area contributed by atoms with Crippen LogP contribution in [0.15, 0.2) is 22.7 Å². The predicted octanol–water partition coefficient (Wildman–Crippen LogP) is 2.40. The van der Waals surface area contributed by atoms with E-state index in [2.05, 4.69) is 22.2 Å². The fourth-order valence-corrected chi connectivity index (χ4v) is 2.04. The van der Waals surface area contributed by atoms with Crippen LogP contribution in [0, 0.1) is 6.92 Å². The zero-order valence-electron chi connectivity index (χ0n) is 12.5. The van der Waals surface area contributed by atoms with E-state index in [0.29, 0.717) is 23.0 Å². The van der Waals surface area contributed by atoms with E-state index in [1.54, 1.807) is 18.3 Å². The van der Waals surface area contributed by atoms with Gasteiger partial charge in [-0.05, 0) is 32.4 Å². The summed E-state index contributed by atoms with van der Waals surface area (Å²) < 4.78 is 5.41. The first-order chi connectivity index (χ1) is 9.99. The summed E-state index contributed by atoms with van der Waals surface area (Å²) in [6.45, 7) is 5.68. The Morgan fingerprint density at radius 1 is 1.48 bits per heavy atom. The molecule has 0 fully saturated rings. The highest BCUT2D eigenvalue weighted by atomic mass is 16.4. The molecule has 2 rings (SSSR count). The van der Waals surface area contributed by atoms with Crippen LogP contribution in [0.3, 0.4) is 0 Å². The van der Waals surface area contributed by atoms with Gasteiger partial charge >= 0.3 is 0 Å². The van der Waals surface area contributed by atoms with Crippen molar-refractivity contribution in [3.8, 4) is 0 Å². The van der Waals surface area contributed by atoms with E-state index < -0.39 is 0 Å². The third-order valence-corrected chi connectivity index (χ3v) is 3.02. The van der Waals surface area contributed by atoms with Gasteiger partial charge in [0.15, 0.2) is 0 Å². The molecule has 1 atom stereocenters. The molecule has 2 heterocycles. The summed E-state index contributed by atoms with van der Waals surface area (Å²) in [5.74, 6) is 1.33. The first-order valence-electron chi connectivity index (χ1n) is 6.99. The van der Waals surface area contributed by atoms with E-state index in [9.17, 15) is 4.79 Å². The minimum Gasteiger partial charge on any atom is -0.444 e. The molecular weight excluding hydrogens is 268 g/mol. The number of hydrogen-bond acceptors (Lipinski definition) is 5. The smallest absolute Gasteiger partial charge is 0.252 e. The van der Waals surface area contributed by atoms with Crippen molar-refractivity contribution in [2.45, 2.75) is 39.7 Å². The Labute approximate surface area is 123 Å². The number of nitrogen functional groups attached to an aromatic ring is 1. The molecule has 2 aromatic heterocycles. The van der Waals surface area contributed by atoms with Crippen molar-refractivity contribution < 1.29 is 9.21 Å². The van der Waals surface area contributed by atoms with Crippen molar-refractivity contribution in [2.24, 2.45) is 0 Å². The first kappa shape index (κ1) is 15.0. The zero-order chi connectivity index (χ0) is 15.4. The van der Waals surface area contributed by atoms with Gasteiger partial charge in [0.1, 0.15) is 17.6 Å². The van der Waals surface area contributed by atoms with Gasteiger partial charge in [0.05, 0.1) is 6.20 Å². The molecule has 3 N–H and O–H groups in total. The quantitative estimate of drug-likeness (QED) is 0.881. The van der Waals surface area contributed by atoms with Gasteiger partial charge in [-0.3, -0.25) is 4.79 Å². The van der Waals surface area contributed by atoms with Crippen molar-refractivity contribution in [1.82, 2.24) is 15.3 Å². The van der Waals surface area contributed by atoms with Gasteiger partial charge in [0.2, 0.25) is 5.89 Å². The lowest BCUT2D eigenvalue weighted by Gasteiger charge is -2.11. The lowest BCUT2D eigenvalue weighted by atomic mass is 10.1. The fraction of sp³-hybridized carbons (Fsp3) is 0.400. The Morgan fingerprint density at radius 3 is 2.86 bits per heavy atom. The molecule has 0 bridgehead atoms. The maximum Gasteiger partial charge on any atom is 0.252 e. The molecule has 1 unspecified atom stereocenters. The summed E-state index contributed by atoms with van der Waals surface area (Å²) in [5, 5.41) is 2.84. The second kappa shape index (κ2) is 6.39. The summed E-state index contributed by atoms with van der Waals surface area (Å²) in [4.78, 5) is 20.6. The highest BCUT2D eigenvalue weighted by Crippen LogP contribution is 2.14. The van der Waals surface area contributed by atoms with Crippen molar-refractivity contribution in [1.29, 1.82) is 0 Å². The van der Waals surface area contributed by atoms with Gasteiger partial charge in [0.25, 0.3) is 5.91 Å². The molecule has 112 valence electrons. The number of carbonyl (C=O) groups excluding carboxylic acids is 1. The highest BCUT2D eigenvalue weighted by molar-refractivity contribution is 5.95. The Bertz CT molecular complexity index is 636. The van der Waals surface area contributed by atoms with Crippen molar-refractivity contribution in [2.75, 3.05) is 5.73 Å². The van der Waals surface area contributed by atoms with Gasteiger partial charge in [0, 0.05) is 11.3 Å². The summed E-state index contributed by atoms with van der Waals surface area (Å²) >= 11 is 0. The van der Waals surface area contributed by atoms with Crippen LogP contribution in [0.25, 0.3) is 0 Å². The van der Waals surface area contributed by atoms with Gasteiger partial charge in [-0.15, -0.1) is 0 Å². The number of carbonyl (C=O) groups is 1. The molecule has 0 saturated carbocycles. The molecular formula is C15H20N4O2. The number of aryl methyl sites for hydroxylation is 2. The van der Waals surface area contributed by atoms with E-state index in [4.69, 9.17) is 10.2 Å². The van der Waals surface area contributed by atoms with Crippen molar-refractivity contribution in [3.05, 3.63) is 41.2 Å². The normalized spacial score (nSPS) is 12.1. The molecule has 0 aliphatic heterocycles. The third-order valence-electron chi connectivity index (χ3n) is 3.02. The molecule has 1 amide bonds. The number of hydrogen-bond donors (Lipinski definition) is 2. The van der Waals surface area contributed by atoms with Crippen LogP contribution in [-0.4, -0.2) is 15.9 Å². The Hall–Kier alpha value is -2.37. The summed E-state index contributed by atoms with van der Waals surface area (Å²) in [7, 11) is 0. The second-order valence-corrected chi connectivity index (χ2v) is 5.03. The summed E-state index contributed by atoms with van der Waals surface area (Å²) in [5.41, 5.74) is 7.07. The van der Waals surface area contributed by atoms with Crippen LogP contribution in [0.2, 0.25) is 0 Å². The Balaban J connectivity index is 2.12. The average molecular weight is 288 g/mol. The number of nitrogens with two attached hydrogens (primary N) is 1. The monoisotopic (exact) mass is 288 g/mol. The fourth-order valence-electron chi connectivity index (χ4n) is 2.04. The number of oxazole rings is 1. The largest absolute Gasteiger partial charge is 0.444 e. The highest BCUT2D eigenvalue weighted by Gasteiger charge is 2.16. The minimum absolute atomic E-state index is 0.218. The van der Waals surface area contributed by atoms with Crippen LogP contribution < -0.4 is 11.1 Å². The molecule has 0 aliphatic carbocycles. The van der Waals surface area contributed by atoms with Crippen LogP contribution in [0.5, 0.6) is 0 Å². The molecule has 0 radical (unpaired) electrons. The SMILES string of the molecule is CCCc1cc(C(=O)NC(C)c2ncc(C)o2)cc(N)n1. The Morgan fingerprint density at radius 2 is 2.24 bits per heavy atom. The second-order valence-electron chi connectivity index (χ2n) is 5.03. The van der Waals surface area contributed by atoms with Crippen LogP contribution in [0.4, 0.5) is 5.82 Å². The topological polar surface area (TPSA) is 94.0 Å². The van der Waals surface area contributed by atoms with E-state index in [1.807, 2.05) is 13.8 Å². The molecule has 0 spiro atoms. The van der Waals surface area contributed by atoms with E-state index in [-0.39, 0.29) is 11.9 Å². The van der Waals surface area contributed by atoms with Gasteiger partial charge in [-0.1, -0.05) is 13.3 Å². The number of rotatable bonds is 5. The maximum atomic E-state index is 12.3. The van der Waals surface area contributed by atoms with Crippen molar-refractivity contribution in [3.63, 3.8) is 0 Å². The standard InChI is InChI=1S/C15H20N4O2/c1-4-5-12-6-11(7-13(16)19-12)14(20)18-10(3)15-17-8-9(2)21-15/h6-8,10H,4-5H2,1-3H3,(H2,16,19)(H,18,20). The average Bonchev–Trinajstić information content (AvgIpc) is 2.85. The van der Waals surface area contributed by atoms with Crippen LogP contribution in [-0.2, 0) is 6.42 Å². The Kier molecular flexibility index (Phi) is 4.57. The predicted molar refractivity (Wildman–Crippen MR) is 79.8 cm³/mol. The number of nitrogens with zero attached hydrogens (tertiary/aromatic N) is 2. The van der Waals surface area contributed by atoms with Crippen molar-refractivity contribution >= 4 is 11.7 Å². The zero-order valence-corrected chi connectivity index (χ0v) is 12.5. The van der Waals surface area contributed by atoms with Gasteiger partial charge in [-0.25, -0.2) is 9.97 Å². The number of anilines is 1. The molecule has 6 nitrogen and oxygen atoms in total. The van der Waals surface area contributed by atoms with Crippen LogP contribution in [0.1, 0.15) is 54.0 Å².